The van der Waals surface area contributed by atoms with E-state index in [9.17, 15) is 9.59 Å². The van der Waals surface area contributed by atoms with Gasteiger partial charge in [-0.15, -0.1) is 0 Å². The molecule has 0 saturated heterocycles. The van der Waals surface area contributed by atoms with Crippen molar-refractivity contribution in [2.45, 2.75) is 26.2 Å². The van der Waals surface area contributed by atoms with Gasteiger partial charge in [0.15, 0.2) is 12.4 Å². The Kier molecular flexibility index (Phi) is 6.68. The normalized spacial score (nSPS) is 11.5. The van der Waals surface area contributed by atoms with Crippen molar-refractivity contribution in [1.82, 2.24) is 0 Å². The smallest absolute Gasteiger partial charge is 0.291 e. The van der Waals surface area contributed by atoms with E-state index in [0.717, 1.165) is 6.42 Å². The van der Waals surface area contributed by atoms with Crippen LogP contribution in [0.5, 0.6) is 5.75 Å². The number of carbonyl (C=O) groups is 2. The molecule has 3 rings (SSSR count). The van der Waals surface area contributed by atoms with Crippen LogP contribution in [-0.4, -0.2) is 18.4 Å². The van der Waals surface area contributed by atoms with Crippen molar-refractivity contribution < 1.29 is 18.7 Å². The van der Waals surface area contributed by atoms with E-state index in [0.29, 0.717) is 23.0 Å². The fraction of sp³-hybridized carbons (Fsp3) is 0.217. The SMILES string of the molecule is CC[C@H](C)c1ccc(OCC(=O)Nc2ccc(NC(=O)c3ccco3)cc2)cc1. The zero-order valence-electron chi connectivity index (χ0n) is 16.5. The summed E-state index contributed by atoms with van der Waals surface area (Å²) in [6, 6.07) is 17.9. The zero-order valence-corrected chi connectivity index (χ0v) is 16.5. The van der Waals surface area contributed by atoms with Crippen LogP contribution in [-0.2, 0) is 4.79 Å². The summed E-state index contributed by atoms with van der Waals surface area (Å²) in [5.41, 5.74) is 2.47. The van der Waals surface area contributed by atoms with Gasteiger partial charge < -0.3 is 19.8 Å². The van der Waals surface area contributed by atoms with Crippen LogP contribution in [0.4, 0.5) is 11.4 Å². The maximum absolute atomic E-state index is 12.1. The lowest BCUT2D eigenvalue weighted by Crippen LogP contribution is -2.20. The molecule has 0 unspecified atom stereocenters. The molecular weight excluding hydrogens is 368 g/mol. The predicted octanol–water partition coefficient (Wildman–Crippen LogP) is 5.06. The highest BCUT2D eigenvalue weighted by Gasteiger charge is 2.09. The molecule has 150 valence electrons. The van der Waals surface area contributed by atoms with Crippen molar-refractivity contribution >= 4 is 23.2 Å². The number of hydrogen-bond donors (Lipinski definition) is 2. The third-order valence-corrected chi connectivity index (χ3v) is 4.60. The first kappa shape index (κ1) is 20.2. The molecule has 1 heterocycles. The van der Waals surface area contributed by atoms with Gasteiger partial charge in [-0.3, -0.25) is 9.59 Å². The number of carbonyl (C=O) groups excluding carboxylic acids is 2. The molecule has 0 saturated carbocycles. The minimum absolute atomic E-state index is 0.0837. The second kappa shape index (κ2) is 9.59. The van der Waals surface area contributed by atoms with Gasteiger partial charge in [-0.25, -0.2) is 0 Å². The van der Waals surface area contributed by atoms with Crippen molar-refractivity contribution in [3.05, 3.63) is 78.3 Å². The summed E-state index contributed by atoms with van der Waals surface area (Å²) < 4.78 is 10.6. The summed E-state index contributed by atoms with van der Waals surface area (Å²) in [4.78, 5) is 24.0. The van der Waals surface area contributed by atoms with Gasteiger partial charge in [0.2, 0.25) is 0 Å². The third kappa shape index (κ3) is 5.72. The molecule has 0 radical (unpaired) electrons. The van der Waals surface area contributed by atoms with Crippen LogP contribution in [0.15, 0.2) is 71.3 Å². The van der Waals surface area contributed by atoms with E-state index in [1.54, 1.807) is 36.4 Å². The number of furan rings is 1. The van der Waals surface area contributed by atoms with Gasteiger partial charge in [0.05, 0.1) is 6.26 Å². The molecule has 0 aliphatic heterocycles. The molecule has 1 aromatic heterocycles. The monoisotopic (exact) mass is 392 g/mol. The van der Waals surface area contributed by atoms with E-state index in [4.69, 9.17) is 9.15 Å². The molecule has 2 N–H and O–H groups in total. The lowest BCUT2D eigenvalue weighted by Gasteiger charge is -2.11. The summed E-state index contributed by atoms with van der Waals surface area (Å²) in [5.74, 6) is 0.794. The fourth-order valence-corrected chi connectivity index (χ4v) is 2.71. The van der Waals surface area contributed by atoms with Crippen molar-refractivity contribution in [2.24, 2.45) is 0 Å². The Bertz CT molecular complexity index is 932. The van der Waals surface area contributed by atoms with Gasteiger partial charge in [-0.1, -0.05) is 26.0 Å². The second-order valence-corrected chi connectivity index (χ2v) is 6.72. The Labute approximate surface area is 169 Å². The van der Waals surface area contributed by atoms with E-state index in [1.165, 1.54) is 11.8 Å². The zero-order chi connectivity index (χ0) is 20.6. The lowest BCUT2D eigenvalue weighted by atomic mass is 9.99. The Morgan fingerprint density at radius 2 is 1.62 bits per heavy atom. The van der Waals surface area contributed by atoms with Crippen molar-refractivity contribution in [1.29, 1.82) is 0 Å². The molecule has 0 bridgehead atoms. The van der Waals surface area contributed by atoms with Crippen LogP contribution >= 0.6 is 0 Å². The maximum atomic E-state index is 12.1. The van der Waals surface area contributed by atoms with Crippen LogP contribution in [0, 0.1) is 0 Å². The highest BCUT2D eigenvalue weighted by atomic mass is 16.5. The van der Waals surface area contributed by atoms with Gasteiger partial charge in [0, 0.05) is 11.4 Å². The van der Waals surface area contributed by atoms with E-state index < -0.39 is 0 Å². The minimum Gasteiger partial charge on any atom is -0.484 e. The van der Waals surface area contributed by atoms with Crippen LogP contribution < -0.4 is 15.4 Å². The number of rotatable bonds is 8. The Balaban J connectivity index is 1.47. The molecule has 0 aliphatic rings. The first-order chi connectivity index (χ1) is 14.0. The predicted molar refractivity (Wildman–Crippen MR) is 112 cm³/mol. The summed E-state index contributed by atoms with van der Waals surface area (Å²) in [6.45, 7) is 4.25. The number of amides is 2. The molecule has 3 aromatic rings. The van der Waals surface area contributed by atoms with Crippen LogP contribution in [0.3, 0.4) is 0 Å². The summed E-state index contributed by atoms with van der Waals surface area (Å²) in [5, 5.41) is 5.48. The highest BCUT2D eigenvalue weighted by Crippen LogP contribution is 2.21. The van der Waals surface area contributed by atoms with Gasteiger partial charge in [-0.05, 0) is 66.4 Å². The van der Waals surface area contributed by atoms with Crippen LogP contribution in [0.25, 0.3) is 0 Å². The number of nitrogens with one attached hydrogen (secondary N) is 2. The molecule has 0 fully saturated rings. The fourth-order valence-electron chi connectivity index (χ4n) is 2.71. The molecule has 6 heteroatoms. The summed E-state index contributed by atoms with van der Waals surface area (Å²) in [6.07, 6.45) is 2.52. The molecule has 0 aliphatic carbocycles. The van der Waals surface area contributed by atoms with Crippen LogP contribution in [0.2, 0.25) is 0 Å². The Morgan fingerprint density at radius 3 is 2.21 bits per heavy atom. The van der Waals surface area contributed by atoms with Crippen molar-refractivity contribution in [3.8, 4) is 5.75 Å². The number of anilines is 2. The Hall–Kier alpha value is -3.54. The lowest BCUT2D eigenvalue weighted by molar-refractivity contribution is -0.118. The van der Waals surface area contributed by atoms with Gasteiger partial charge in [0.1, 0.15) is 5.75 Å². The maximum Gasteiger partial charge on any atom is 0.291 e. The molecule has 0 spiro atoms. The van der Waals surface area contributed by atoms with Crippen LogP contribution in [0.1, 0.15) is 42.3 Å². The molecule has 2 amide bonds. The highest BCUT2D eigenvalue weighted by molar-refractivity contribution is 6.02. The molecule has 2 aromatic carbocycles. The first-order valence-corrected chi connectivity index (χ1v) is 9.52. The molecule has 1 atom stereocenters. The van der Waals surface area contributed by atoms with Gasteiger partial charge >= 0.3 is 0 Å². The summed E-state index contributed by atoms with van der Waals surface area (Å²) >= 11 is 0. The quantitative estimate of drug-likeness (QED) is 0.561. The van der Waals surface area contributed by atoms with E-state index in [-0.39, 0.29) is 24.2 Å². The molecule has 6 nitrogen and oxygen atoms in total. The Morgan fingerprint density at radius 1 is 0.966 bits per heavy atom. The topological polar surface area (TPSA) is 80.6 Å². The number of hydrogen-bond acceptors (Lipinski definition) is 4. The minimum atomic E-state index is -0.334. The van der Waals surface area contributed by atoms with Crippen molar-refractivity contribution in [2.75, 3.05) is 17.2 Å². The third-order valence-electron chi connectivity index (χ3n) is 4.60. The number of benzene rings is 2. The van der Waals surface area contributed by atoms with E-state index in [2.05, 4.69) is 24.5 Å². The van der Waals surface area contributed by atoms with Gasteiger partial charge in [-0.2, -0.15) is 0 Å². The van der Waals surface area contributed by atoms with Crippen molar-refractivity contribution in [3.63, 3.8) is 0 Å². The van der Waals surface area contributed by atoms with E-state index in [1.807, 2.05) is 24.3 Å². The summed E-state index contributed by atoms with van der Waals surface area (Å²) in [7, 11) is 0. The molecule has 29 heavy (non-hydrogen) atoms. The largest absolute Gasteiger partial charge is 0.484 e. The second-order valence-electron chi connectivity index (χ2n) is 6.72. The average Bonchev–Trinajstić information content (AvgIpc) is 3.28. The molecular formula is C23H24N2O4. The van der Waals surface area contributed by atoms with E-state index >= 15 is 0 Å². The first-order valence-electron chi connectivity index (χ1n) is 9.52. The standard InChI is InChI=1S/C23H24N2O4/c1-3-16(2)17-6-12-20(13-7-17)29-15-22(26)24-18-8-10-19(11-9-18)25-23(27)21-5-4-14-28-21/h4-14,16H,3,15H2,1-2H3,(H,24,26)(H,25,27)/t16-/m0/s1. The number of ether oxygens (including phenoxy) is 1. The average molecular weight is 392 g/mol. The van der Waals surface area contributed by atoms with Gasteiger partial charge in [0.25, 0.3) is 11.8 Å².